The molecular weight excluding hydrogens is 308 g/mol. The zero-order valence-corrected chi connectivity index (χ0v) is 14.0. The second-order valence-corrected chi connectivity index (χ2v) is 6.60. The van der Waals surface area contributed by atoms with E-state index in [9.17, 15) is 0 Å². The van der Waals surface area contributed by atoms with Gasteiger partial charge >= 0.3 is 0 Å². The first-order chi connectivity index (χ1) is 12.2. The second kappa shape index (κ2) is 5.12. The molecule has 2 atom stereocenters. The smallest absolute Gasteiger partial charge is 0.207 e. The summed E-state index contributed by atoms with van der Waals surface area (Å²) in [6.07, 6.45) is 0. The lowest BCUT2D eigenvalue weighted by atomic mass is 9.92. The van der Waals surface area contributed by atoms with Crippen LogP contribution in [0.1, 0.15) is 23.6 Å². The molecule has 0 amide bonds. The number of rotatable bonds is 3. The molecule has 3 heteroatoms. The van der Waals surface area contributed by atoms with E-state index in [1.165, 1.54) is 0 Å². The van der Waals surface area contributed by atoms with Crippen molar-refractivity contribution in [2.24, 2.45) is 4.99 Å². The highest BCUT2D eigenvalue weighted by molar-refractivity contribution is 6.09. The van der Waals surface area contributed by atoms with Crippen LogP contribution in [0.15, 0.2) is 96.0 Å². The third-order valence-corrected chi connectivity index (χ3v) is 5.03. The molecule has 1 fully saturated rings. The first-order valence-corrected chi connectivity index (χ1v) is 8.51. The molecule has 0 aliphatic carbocycles. The van der Waals surface area contributed by atoms with Gasteiger partial charge in [0.05, 0.1) is 5.71 Å². The Hall–Kier alpha value is -2.75. The molecule has 3 aromatic carbocycles. The van der Waals surface area contributed by atoms with E-state index in [1.54, 1.807) is 0 Å². The normalized spacial score (nSPS) is 26.0. The van der Waals surface area contributed by atoms with Gasteiger partial charge in [-0.15, -0.1) is 5.06 Å². The molecule has 3 aromatic rings. The third-order valence-electron chi connectivity index (χ3n) is 5.03. The summed E-state index contributed by atoms with van der Waals surface area (Å²) in [5.74, 6) is 0. The van der Waals surface area contributed by atoms with Gasteiger partial charge < -0.3 is 0 Å². The lowest BCUT2D eigenvalue weighted by Gasteiger charge is -2.28. The predicted molar refractivity (Wildman–Crippen MR) is 98.0 cm³/mol. The lowest BCUT2D eigenvalue weighted by Crippen LogP contribution is -2.33. The van der Waals surface area contributed by atoms with Crippen molar-refractivity contribution >= 4 is 5.71 Å². The highest BCUT2D eigenvalue weighted by atomic mass is 16.9. The van der Waals surface area contributed by atoms with Gasteiger partial charge in [0, 0.05) is 16.7 Å². The Bertz CT molecular complexity index is 898. The number of aliphatic imine (C=N–C) groups is 1. The maximum Gasteiger partial charge on any atom is 0.207 e. The molecule has 0 N–H and O–H groups in total. The predicted octanol–water partition coefficient (Wildman–Crippen LogP) is 4.35. The topological polar surface area (TPSA) is 27.9 Å². The van der Waals surface area contributed by atoms with Gasteiger partial charge in [0.15, 0.2) is 5.66 Å². The van der Waals surface area contributed by atoms with Crippen LogP contribution in [0, 0.1) is 0 Å². The first kappa shape index (κ1) is 14.6. The van der Waals surface area contributed by atoms with Crippen LogP contribution in [0.25, 0.3) is 0 Å². The average molecular weight is 326 g/mol. The van der Waals surface area contributed by atoms with Crippen molar-refractivity contribution in [2.45, 2.75) is 18.3 Å². The van der Waals surface area contributed by atoms with Gasteiger partial charge in [0.2, 0.25) is 5.72 Å². The number of nitrogens with zero attached hydrogens (tertiary/aromatic N) is 2. The molecular formula is C22H18N2O. The summed E-state index contributed by atoms with van der Waals surface area (Å²) >= 11 is 0. The molecule has 2 unspecified atom stereocenters. The summed E-state index contributed by atoms with van der Waals surface area (Å²) < 4.78 is 0. The first-order valence-electron chi connectivity index (χ1n) is 8.51. The maximum atomic E-state index is 6.13. The van der Waals surface area contributed by atoms with Gasteiger partial charge in [-0.1, -0.05) is 91.0 Å². The van der Waals surface area contributed by atoms with Gasteiger partial charge in [-0.2, -0.15) is 0 Å². The van der Waals surface area contributed by atoms with Gasteiger partial charge in [-0.05, 0) is 6.92 Å². The van der Waals surface area contributed by atoms with Crippen LogP contribution >= 0.6 is 0 Å². The average Bonchev–Trinajstić information content (AvgIpc) is 3.31. The summed E-state index contributed by atoms with van der Waals surface area (Å²) in [6, 6.07) is 31.0. The van der Waals surface area contributed by atoms with Crippen LogP contribution < -0.4 is 0 Å². The molecule has 0 saturated carbocycles. The van der Waals surface area contributed by atoms with E-state index in [0.29, 0.717) is 0 Å². The van der Waals surface area contributed by atoms with Crippen LogP contribution in [-0.4, -0.2) is 16.5 Å². The zero-order chi connectivity index (χ0) is 16.9. The minimum atomic E-state index is -0.650. The van der Waals surface area contributed by atoms with Crippen molar-refractivity contribution in [1.29, 1.82) is 0 Å². The SMILES string of the molecule is CC12ON1C(c1ccccc1)(c1ccccc1)N=C2c1ccccc1. The summed E-state index contributed by atoms with van der Waals surface area (Å²) in [6.45, 7) is 2.09. The number of fused-ring (bicyclic) bond motifs is 1. The van der Waals surface area contributed by atoms with Crippen molar-refractivity contribution in [2.75, 3.05) is 0 Å². The zero-order valence-electron chi connectivity index (χ0n) is 14.0. The molecule has 0 spiro atoms. The van der Waals surface area contributed by atoms with Crippen LogP contribution in [0.2, 0.25) is 0 Å². The lowest BCUT2D eigenvalue weighted by molar-refractivity contribution is 0.0937. The van der Waals surface area contributed by atoms with E-state index in [2.05, 4.69) is 67.6 Å². The standard InChI is InChI=1S/C22H18N2O/c1-21-20(17-11-5-2-6-12-17)23-22(24(21)25-21,18-13-7-3-8-14-18)19-15-9-4-10-16-19/h2-16H,1H3. The van der Waals surface area contributed by atoms with Crippen LogP contribution in [0.5, 0.6) is 0 Å². The van der Waals surface area contributed by atoms with Crippen molar-refractivity contribution in [3.8, 4) is 0 Å². The quantitative estimate of drug-likeness (QED) is 0.669. The molecule has 1 saturated heterocycles. The largest absolute Gasteiger partial charge is 0.262 e. The van der Waals surface area contributed by atoms with Crippen LogP contribution in [0.4, 0.5) is 0 Å². The Morgan fingerprint density at radius 3 is 1.72 bits per heavy atom. The van der Waals surface area contributed by atoms with Gasteiger partial charge in [-0.25, -0.2) is 0 Å². The van der Waals surface area contributed by atoms with Gasteiger partial charge in [0.1, 0.15) is 0 Å². The van der Waals surface area contributed by atoms with E-state index < -0.39 is 11.4 Å². The molecule has 0 aromatic heterocycles. The molecule has 122 valence electrons. The molecule has 25 heavy (non-hydrogen) atoms. The van der Waals surface area contributed by atoms with Gasteiger partial charge in [0.25, 0.3) is 0 Å². The fourth-order valence-electron chi connectivity index (χ4n) is 3.78. The van der Waals surface area contributed by atoms with E-state index >= 15 is 0 Å². The second-order valence-electron chi connectivity index (χ2n) is 6.60. The number of hydroxylamine groups is 2. The van der Waals surface area contributed by atoms with Crippen molar-refractivity contribution in [1.82, 2.24) is 5.06 Å². The summed E-state index contributed by atoms with van der Waals surface area (Å²) in [5.41, 5.74) is 3.14. The Morgan fingerprint density at radius 2 is 1.20 bits per heavy atom. The number of hydrogen-bond acceptors (Lipinski definition) is 3. The van der Waals surface area contributed by atoms with E-state index in [-0.39, 0.29) is 0 Å². The van der Waals surface area contributed by atoms with Crippen molar-refractivity contribution < 1.29 is 4.84 Å². The number of benzene rings is 3. The van der Waals surface area contributed by atoms with Gasteiger partial charge in [-0.3, -0.25) is 9.83 Å². The Labute approximate surface area is 147 Å². The van der Waals surface area contributed by atoms with Crippen LogP contribution in [0.3, 0.4) is 0 Å². The highest BCUT2D eigenvalue weighted by Crippen LogP contribution is 2.57. The molecule has 0 bridgehead atoms. The fraction of sp³-hybridized carbons (Fsp3) is 0.136. The monoisotopic (exact) mass is 326 g/mol. The third kappa shape index (κ3) is 1.97. The molecule has 2 heterocycles. The van der Waals surface area contributed by atoms with E-state index in [0.717, 1.165) is 22.4 Å². The maximum absolute atomic E-state index is 6.13. The molecule has 2 aliphatic heterocycles. The highest BCUT2D eigenvalue weighted by Gasteiger charge is 2.70. The summed E-state index contributed by atoms with van der Waals surface area (Å²) in [4.78, 5) is 11.4. The van der Waals surface area contributed by atoms with Crippen molar-refractivity contribution in [3.63, 3.8) is 0 Å². The Kier molecular flexibility index (Phi) is 2.99. The molecule has 2 aliphatic rings. The fourth-order valence-corrected chi connectivity index (χ4v) is 3.78. The van der Waals surface area contributed by atoms with Crippen molar-refractivity contribution in [3.05, 3.63) is 108 Å². The summed E-state index contributed by atoms with van der Waals surface area (Å²) in [5, 5.41) is 2.02. The number of hydrogen-bond donors (Lipinski definition) is 0. The van der Waals surface area contributed by atoms with E-state index in [1.807, 2.05) is 35.4 Å². The van der Waals surface area contributed by atoms with Crippen LogP contribution in [-0.2, 0) is 10.5 Å². The van der Waals surface area contributed by atoms with E-state index in [4.69, 9.17) is 9.83 Å². The molecule has 0 radical (unpaired) electrons. The molecule has 5 rings (SSSR count). The molecule has 3 nitrogen and oxygen atoms in total. The minimum Gasteiger partial charge on any atom is -0.262 e. The Balaban J connectivity index is 1.77. The minimum absolute atomic E-state index is 0.493. The Morgan fingerprint density at radius 1 is 0.720 bits per heavy atom. The summed E-state index contributed by atoms with van der Waals surface area (Å²) in [7, 11) is 0.